The predicted molar refractivity (Wildman–Crippen MR) is 89.9 cm³/mol. The summed E-state index contributed by atoms with van der Waals surface area (Å²) in [4.78, 5) is 14.5. The highest BCUT2D eigenvalue weighted by molar-refractivity contribution is 5.75. The lowest BCUT2D eigenvalue weighted by molar-refractivity contribution is -0.121. The van der Waals surface area contributed by atoms with E-state index in [1.54, 1.807) is 0 Å². The van der Waals surface area contributed by atoms with Crippen molar-refractivity contribution in [2.24, 2.45) is 11.8 Å². The number of carbonyl (C=O) groups is 1. The first kappa shape index (κ1) is 17.7. The van der Waals surface area contributed by atoms with Gasteiger partial charge in [-0.2, -0.15) is 0 Å². The topological polar surface area (TPSA) is 41.6 Å². The summed E-state index contributed by atoms with van der Waals surface area (Å²) in [6.45, 7) is 7.84. The van der Waals surface area contributed by atoms with Crippen molar-refractivity contribution in [1.82, 2.24) is 10.2 Å². The van der Waals surface area contributed by atoms with Crippen molar-refractivity contribution in [1.29, 1.82) is 0 Å². The van der Waals surface area contributed by atoms with Gasteiger partial charge in [0.05, 0.1) is 13.2 Å². The third-order valence-corrected chi connectivity index (χ3v) is 5.08. The minimum absolute atomic E-state index is 0.248. The molecule has 2 rings (SSSR count). The molecule has 0 bridgehead atoms. The Morgan fingerprint density at radius 1 is 1.18 bits per heavy atom. The maximum Gasteiger partial charge on any atom is 0.220 e. The van der Waals surface area contributed by atoms with Crippen LogP contribution in [0.4, 0.5) is 0 Å². The number of morpholine rings is 1. The lowest BCUT2D eigenvalue weighted by Gasteiger charge is -2.29. The monoisotopic (exact) mass is 310 g/mol. The van der Waals surface area contributed by atoms with E-state index in [0.29, 0.717) is 5.92 Å². The third-order valence-electron chi connectivity index (χ3n) is 5.08. The lowest BCUT2D eigenvalue weighted by Crippen LogP contribution is -2.41. The minimum Gasteiger partial charge on any atom is -0.379 e. The van der Waals surface area contributed by atoms with Crippen molar-refractivity contribution in [3.63, 3.8) is 0 Å². The third kappa shape index (κ3) is 7.10. The Hall–Kier alpha value is -0.610. The number of amides is 1. The van der Waals surface area contributed by atoms with Gasteiger partial charge in [-0.3, -0.25) is 9.69 Å². The molecule has 0 aromatic heterocycles. The average Bonchev–Trinajstić information content (AvgIpc) is 2.80. The molecule has 22 heavy (non-hydrogen) atoms. The predicted octanol–water partition coefficient (Wildman–Crippen LogP) is 2.82. The van der Waals surface area contributed by atoms with Gasteiger partial charge in [-0.1, -0.05) is 45.4 Å². The standard InChI is InChI=1S/C18H34N2O2/c1-16(15-20-10-12-22-13-11-20)14-19-18(21)9-8-17-6-4-2-3-5-7-17/h16-17H,2-15H2,1H3,(H,19,21). The van der Waals surface area contributed by atoms with E-state index >= 15 is 0 Å². The second-order valence-corrected chi connectivity index (χ2v) is 7.22. The zero-order valence-electron chi connectivity index (χ0n) is 14.3. The number of hydrogen-bond donors (Lipinski definition) is 1. The zero-order chi connectivity index (χ0) is 15.6. The maximum atomic E-state index is 12.0. The molecule has 1 saturated heterocycles. The first-order valence-corrected chi connectivity index (χ1v) is 9.31. The molecule has 1 N–H and O–H groups in total. The van der Waals surface area contributed by atoms with Crippen molar-refractivity contribution in [2.45, 2.75) is 58.3 Å². The highest BCUT2D eigenvalue weighted by atomic mass is 16.5. The van der Waals surface area contributed by atoms with Gasteiger partial charge in [0.15, 0.2) is 0 Å². The summed E-state index contributed by atoms with van der Waals surface area (Å²) >= 11 is 0. The fourth-order valence-corrected chi connectivity index (χ4v) is 3.65. The fraction of sp³-hybridized carbons (Fsp3) is 0.944. The van der Waals surface area contributed by atoms with Crippen LogP contribution >= 0.6 is 0 Å². The number of nitrogens with one attached hydrogen (secondary N) is 1. The molecule has 0 radical (unpaired) electrons. The SMILES string of the molecule is CC(CNC(=O)CCC1CCCCCC1)CN1CCOCC1. The van der Waals surface area contributed by atoms with E-state index in [0.717, 1.165) is 58.2 Å². The van der Waals surface area contributed by atoms with Crippen molar-refractivity contribution in [3.05, 3.63) is 0 Å². The first-order chi connectivity index (χ1) is 10.7. The Labute approximate surface area is 136 Å². The summed E-state index contributed by atoms with van der Waals surface area (Å²) in [5, 5.41) is 3.13. The highest BCUT2D eigenvalue weighted by Gasteiger charge is 2.16. The average molecular weight is 310 g/mol. The molecule has 1 aliphatic carbocycles. The van der Waals surface area contributed by atoms with Gasteiger partial charge >= 0.3 is 0 Å². The van der Waals surface area contributed by atoms with E-state index in [1.165, 1.54) is 38.5 Å². The van der Waals surface area contributed by atoms with Crippen LogP contribution in [-0.4, -0.2) is 50.2 Å². The molecule has 1 aliphatic heterocycles. The highest BCUT2D eigenvalue weighted by Crippen LogP contribution is 2.26. The fourth-order valence-electron chi connectivity index (χ4n) is 3.65. The Kier molecular flexibility index (Phi) is 8.24. The summed E-state index contributed by atoms with van der Waals surface area (Å²) in [5.74, 6) is 1.55. The molecule has 4 heteroatoms. The zero-order valence-corrected chi connectivity index (χ0v) is 14.3. The van der Waals surface area contributed by atoms with E-state index in [9.17, 15) is 4.79 Å². The molecular formula is C18H34N2O2. The lowest BCUT2D eigenvalue weighted by atomic mass is 9.95. The summed E-state index contributed by atoms with van der Waals surface area (Å²) in [7, 11) is 0. The second-order valence-electron chi connectivity index (χ2n) is 7.22. The number of rotatable bonds is 7. The molecule has 2 fully saturated rings. The van der Waals surface area contributed by atoms with E-state index < -0.39 is 0 Å². The van der Waals surface area contributed by atoms with Gasteiger partial charge in [-0.15, -0.1) is 0 Å². The van der Waals surface area contributed by atoms with Crippen molar-refractivity contribution < 1.29 is 9.53 Å². The van der Waals surface area contributed by atoms with E-state index in [2.05, 4.69) is 17.1 Å². The normalized spacial score (nSPS) is 23.0. The second kappa shape index (κ2) is 10.2. The molecule has 1 amide bonds. The molecule has 0 aromatic carbocycles. The Balaban J connectivity index is 1.54. The van der Waals surface area contributed by atoms with Crippen LogP contribution in [0.1, 0.15) is 58.3 Å². The van der Waals surface area contributed by atoms with Crippen LogP contribution in [0.5, 0.6) is 0 Å². The van der Waals surface area contributed by atoms with Gasteiger partial charge in [0.1, 0.15) is 0 Å². The number of carbonyl (C=O) groups excluding carboxylic acids is 1. The molecule has 1 saturated carbocycles. The quantitative estimate of drug-likeness (QED) is 0.735. The van der Waals surface area contributed by atoms with Crippen LogP contribution in [0.25, 0.3) is 0 Å². The summed E-state index contributed by atoms with van der Waals surface area (Å²) < 4.78 is 5.37. The number of nitrogens with zero attached hydrogens (tertiary/aromatic N) is 1. The maximum absolute atomic E-state index is 12.0. The summed E-state index contributed by atoms with van der Waals surface area (Å²) in [5.41, 5.74) is 0. The van der Waals surface area contributed by atoms with E-state index in [4.69, 9.17) is 4.74 Å². The largest absolute Gasteiger partial charge is 0.379 e. The van der Waals surface area contributed by atoms with Gasteiger partial charge in [0, 0.05) is 32.6 Å². The molecule has 1 heterocycles. The van der Waals surface area contributed by atoms with Crippen LogP contribution in [0.3, 0.4) is 0 Å². The summed E-state index contributed by atoms with van der Waals surface area (Å²) in [6.07, 6.45) is 9.98. The van der Waals surface area contributed by atoms with Crippen LogP contribution < -0.4 is 5.32 Å². The smallest absolute Gasteiger partial charge is 0.220 e. The molecular weight excluding hydrogens is 276 g/mol. The number of ether oxygens (including phenoxy) is 1. The molecule has 0 spiro atoms. The van der Waals surface area contributed by atoms with Crippen LogP contribution in [0.2, 0.25) is 0 Å². The Morgan fingerprint density at radius 3 is 2.55 bits per heavy atom. The van der Waals surface area contributed by atoms with Crippen LogP contribution in [0, 0.1) is 11.8 Å². The van der Waals surface area contributed by atoms with Gasteiger partial charge in [-0.25, -0.2) is 0 Å². The van der Waals surface area contributed by atoms with Crippen molar-refractivity contribution >= 4 is 5.91 Å². The van der Waals surface area contributed by atoms with Gasteiger partial charge in [0.2, 0.25) is 5.91 Å². The molecule has 128 valence electrons. The molecule has 1 atom stereocenters. The van der Waals surface area contributed by atoms with Gasteiger partial charge in [0.25, 0.3) is 0 Å². The molecule has 2 aliphatic rings. The Morgan fingerprint density at radius 2 is 1.86 bits per heavy atom. The van der Waals surface area contributed by atoms with Crippen LogP contribution in [-0.2, 0) is 9.53 Å². The molecule has 1 unspecified atom stereocenters. The van der Waals surface area contributed by atoms with Gasteiger partial charge in [-0.05, 0) is 18.3 Å². The molecule has 4 nitrogen and oxygen atoms in total. The first-order valence-electron chi connectivity index (χ1n) is 9.31. The van der Waals surface area contributed by atoms with Crippen molar-refractivity contribution in [3.8, 4) is 0 Å². The minimum atomic E-state index is 0.248. The van der Waals surface area contributed by atoms with Gasteiger partial charge < -0.3 is 10.1 Å². The van der Waals surface area contributed by atoms with Crippen molar-refractivity contribution in [2.75, 3.05) is 39.4 Å². The number of hydrogen-bond acceptors (Lipinski definition) is 3. The van der Waals surface area contributed by atoms with E-state index in [1.807, 2.05) is 0 Å². The Bertz CT molecular complexity index is 308. The van der Waals surface area contributed by atoms with E-state index in [-0.39, 0.29) is 5.91 Å². The summed E-state index contributed by atoms with van der Waals surface area (Å²) in [6, 6.07) is 0. The van der Waals surface area contributed by atoms with Crippen LogP contribution in [0.15, 0.2) is 0 Å². The molecule has 0 aromatic rings.